The number of hydrogen-bond acceptors (Lipinski definition) is 3. The van der Waals surface area contributed by atoms with Gasteiger partial charge in [0, 0.05) is 26.2 Å². The van der Waals surface area contributed by atoms with Crippen molar-refractivity contribution in [1.29, 1.82) is 0 Å². The predicted molar refractivity (Wildman–Crippen MR) is 57.0 cm³/mol. The van der Waals surface area contributed by atoms with Gasteiger partial charge in [-0.25, -0.2) is 0 Å². The molecule has 0 aromatic carbocycles. The van der Waals surface area contributed by atoms with Gasteiger partial charge in [-0.1, -0.05) is 0 Å². The lowest BCUT2D eigenvalue weighted by molar-refractivity contribution is 0.205. The van der Waals surface area contributed by atoms with E-state index in [4.69, 9.17) is 10.8 Å². The van der Waals surface area contributed by atoms with Gasteiger partial charge in [-0.3, -0.25) is 0 Å². The highest BCUT2D eigenvalue weighted by atomic mass is 16.3. The molecule has 0 aromatic rings. The Bertz CT molecular complexity index is 198. The van der Waals surface area contributed by atoms with Crippen molar-refractivity contribution < 1.29 is 5.11 Å². The van der Waals surface area contributed by atoms with Crippen molar-refractivity contribution in [2.45, 2.75) is 25.7 Å². The monoisotopic (exact) mass is 198 g/mol. The van der Waals surface area contributed by atoms with Gasteiger partial charge in [0.15, 0.2) is 0 Å². The number of aliphatic hydroxyl groups is 1. The molecule has 3 heteroatoms. The summed E-state index contributed by atoms with van der Waals surface area (Å²) in [5.74, 6) is 0.577. The molecule has 3 N–H and O–H groups in total. The first kappa shape index (κ1) is 10.4. The third-order valence-electron chi connectivity index (χ3n) is 4.03. The second-order valence-electron chi connectivity index (χ2n) is 5.11. The standard InChI is InChI=1S/C11H22N2O/c12-4-6-13-5-3-11(9-13)2-1-10(7-11)8-14/h10,14H,1-9,12H2. The first-order chi connectivity index (χ1) is 6.78. The van der Waals surface area contributed by atoms with Crippen LogP contribution in [0.2, 0.25) is 0 Å². The lowest BCUT2D eigenvalue weighted by atomic mass is 9.84. The summed E-state index contributed by atoms with van der Waals surface area (Å²) in [5, 5.41) is 9.15. The maximum atomic E-state index is 9.15. The summed E-state index contributed by atoms with van der Waals surface area (Å²) < 4.78 is 0. The van der Waals surface area contributed by atoms with Gasteiger partial charge in [0.25, 0.3) is 0 Å². The van der Waals surface area contributed by atoms with Gasteiger partial charge in [-0.2, -0.15) is 0 Å². The van der Waals surface area contributed by atoms with E-state index in [1.54, 1.807) is 0 Å². The fraction of sp³-hybridized carbons (Fsp3) is 1.00. The molecule has 2 fully saturated rings. The van der Waals surface area contributed by atoms with Crippen LogP contribution in [0.15, 0.2) is 0 Å². The van der Waals surface area contributed by atoms with Crippen LogP contribution in [0.1, 0.15) is 25.7 Å². The van der Waals surface area contributed by atoms with Crippen molar-refractivity contribution in [3.05, 3.63) is 0 Å². The van der Waals surface area contributed by atoms with Crippen LogP contribution in [0.3, 0.4) is 0 Å². The molecule has 1 aliphatic carbocycles. The van der Waals surface area contributed by atoms with E-state index in [0.29, 0.717) is 17.9 Å². The Balaban J connectivity index is 1.87. The molecule has 14 heavy (non-hydrogen) atoms. The van der Waals surface area contributed by atoms with E-state index >= 15 is 0 Å². The molecule has 2 rings (SSSR count). The smallest absolute Gasteiger partial charge is 0.0459 e. The fourth-order valence-electron chi connectivity index (χ4n) is 3.25. The zero-order valence-corrected chi connectivity index (χ0v) is 8.91. The molecule has 0 aromatic heterocycles. The van der Waals surface area contributed by atoms with Crippen molar-refractivity contribution >= 4 is 0 Å². The molecule has 0 bridgehead atoms. The highest BCUT2D eigenvalue weighted by Gasteiger charge is 2.43. The molecule has 0 radical (unpaired) electrons. The Morgan fingerprint density at radius 2 is 2.29 bits per heavy atom. The van der Waals surface area contributed by atoms with E-state index in [2.05, 4.69) is 4.90 Å². The Labute approximate surface area is 86.3 Å². The molecular formula is C11H22N2O. The molecule has 2 aliphatic rings. The number of likely N-dealkylation sites (tertiary alicyclic amines) is 1. The average molecular weight is 198 g/mol. The lowest BCUT2D eigenvalue weighted by Crippen LogP contribution is -2.30. The molecule has 1 saturated carbocycles. The Kier molecular flexibility index (Phi) is 3.10. The number of nitrogens with two attached hydrogens (primary N) is 1. The van der Waals surface area contributed by atoms with Gasteiger partial charge >= 0.3 is 0 Å². The highest BCUT2D eigenvalue weighted by molar-refractivity contribution is 4.95. The average Bonchev–Trinajstić information content (AvgIpc) is 2.76. The third-order valence-corrected chi connectivity index (χ3v) is 4.03. The summed E-state index contributed by atoms with van der Waals surface area (Å²) in [6.45, 7) is 4.65. The Morgan fingerprint density at radius 3 is 2.93 bits per heavy atom. The predicted octanol–water partition coefficient (Wildman–Crippen LogP) is 0.430. The van der Waals surface area contributed by atoms with Gasteiger partial charge in [0.05, 0.1) is 0 Å². The van der Waals surface area contributed by atoms with Crippen LogP contribution in [-0.4, -0.2) is 42.8 Å². The molecule has 2 unspecified atom stereocenters. The van der Waals surface area contributed by atoms with Crippen LogP contribution >= 0.6 is 0 Å². The molecule has 1 aliphatic heterocycles. The number of nitrogens with zero attached hydrogens (tertiary/aromatic N) is 1. The highest BCUT2D eigenvalue weighted by Crippen LogP contribution is 2.47. The summed E-state index contributed by atoms with van der Waals surface area (Å²) in [4.78, 5) is 2.49. The maximum Gasteiger partial charge on any atom is 0.0459 e. The minimum atomic E-state index is 0.388. The maximum absolute atomic E-state index is 9.15. The molecule has 0 amide bonds. The van der Waals surface area contributed by atoms with Crippen LogP contribution < -0.4 is 5.73 Å². The third kappa shape index (κ3) is 1.95. The number of hydrogen-bond donors (Lipinski definition) is 2. The molecule has 1 heterocycles. The quantitative estimate of drug-likeness (QED) is 0.691. The second-order valence-corrected chi connectivity index (χ2v) is 5.11. The minimum absolute atomic E-state index is 0.388. The van der Waals surface area contributed by atoms with Crippen molar-refractivity contribution in [2.24, 2.45) is 17.1 Å². The van der Waals surface area contributed by atoms with Crippen LogP contribution in [0.25, 0.3) is 0 Å². The lowest BCUT2D eigenvalue weighted by Gasteiger charge is -2.24. The van der Waals surface area contributed by atoms with Crippen LogP contribution in [-0.2, 0) is 0 Å². The topological polar surface area (TPSA) is 49.5 Å². The van der Waals surface area contributed by atoms with E-state index in [-0.39, 0.29) is 0 Å². The van der Waals surface area contributed by atoms with E-state index < -0.39 is 0 Å². The molecule has 2 atom stereocenters. The van der Waals surface area contributed by atoms with Crippen LogP contribution in [0.4, 0.5) is 0 Å². The van der Waals surface area contributed by atoms with Crippen molar-refractivity contribution in [3.8, 4) is 0 Å². The summed E-state index contributed by atoms with van der Waals surface area (Å²) in [5.41, 5.74) is 6.11. The van der Waals surface area contributed by atoms with Gasteiger partial charge in [0.2, 0.25) is 0 Å². The van der Waals surface area contributed by atoms with Gasteiger partial charge < -0.3 is 15.7 Å². The Morgan fingerprint density at radius 1 is 1.43 bits per heavy atom. The van der Waals surface area contributed by atoms with E-state index in [1.807, 2.05) is 0 Å². The van der Waals surface area contributed by atoms with Crippen molar-refractivity contribution in [1.82, 2.24) is 4.90 Å². The fourth-order valence-corrected chi connectivity index (χ4v) is 3.25. The van der Waals surface area contributed by atoms with Gasteiger partial charge in [-0.05, 0) is 43.6 Å². The Hall–Kier alpha value is -0.120. The minimum Gasteiger partial charge on any atom is -0.396 e. The van der Waals surface area contributed by atoms with Gasteiger partial charge in [-0.15, -0.1) is 0 Å². The first-order valence-electron chi connectivity index (χ1n) is 5.81. The second kappa shape index (κ2) is 4.17. The molecule has 1 saturated heterocycles. The number of rotatable bonds is 3. The van der Waals surface area contributed by atoms with E-state index in [9.17, 15) is 0 Å². The van der Waals surface area contributed by atoms with E-state index in [1.165, 1.54) is 38.8 Å². The molecule has 1 spiro atoms. The van der Waals surface area contributed by atoms with Crippen LogP contribution in [0, 0.1) is 11.3 Å². The number of aliphatic hydroxyl groups excluding tert-OH is 1. The normalized spacial score (nSPS) is 38.6. The molecule has 82 valence electrons. The van der Waals surface area contributed by atoms with Crippen molar-refractivity contribution in [3.63, 3.8) is 0 Å². The van der Waals surface area contributed by atoms with Crippen molar-refractivity contribution in [2.75, 3.05) is 32.8 Å². The summed E-state index contributed by atoms with van der Waals surface area (Å²) >= 11 is 0. The largest absolute Gasteiger partial charge is 0.396 e. The first-order valence-corrected chi connectivity index (χ1v) is 5.81. The van der Waals surface area contributed by atoms with E-state index in [0.717, 1.165) is 13.1 Å². The van der Waals surface area contributed by atoms with Crippen LogP contribution in [0.5, 0.6) is 0 Å². The summed E-state index contributed by atoms with van der Waals surface area (Å²) in [6, 6.07) is 0. The summed E-state index contributed by atoms with van der Waals surface area (Å²) in [7, 11) is 0. The SMILES string of the molecule is NCCN1CCC2(CCC(CO)C2)C1. The zero-order valence-electron chi connectivity index (χ0n) is 8.91. The molecular weight excluding hydrogens is 176 g/mol. The van der Waals surface area contributed by atoms with Gasteiger partial charge in [0.1, 0.15) is 0 Å². The zero-order chi connectivity index (χ0) is 10.0. The molecule has 3 nitrogen and oxygen atoms in total. The summed E-state index contributed by atoms with van der Waals surface area (Å²) in [6.07, 6.45) is 5.11.